The predicted molar refractivity (Wildman–Crippen MR) is 65.6 cm³/mol. The standard InChI is InChI=1S/C11H12N2O4S/c1-18(16,17)13(6-5-11(14)15)10-4-2-3-9(7-10)8-12/h2-4,7H,5-6H2,1H3,(H,14,15). The van der Waals surface area contributed by atoms with Gasteiger partial charge in [0, 0.05) is 6.54 Å². The summed E-state index contributed by atoms with van der Waals surface area (Å²) in [4.78, 5) is 10.5. The summed E-state index contributed by atoms with van der Waals surface area (Å²) in [5.74, 6) is -1.08. The quantitative estimate of drug-likeness (QED) is 0.851. The highest BCUT2D eigenvalue weighted by molar-refractivity contribution is 7.92. The van der Waals surface area contributed by atoms with Gasteiger partial charge in [0.15, 0.2) is 0 Å². The lowest BCUT2D eigenvalue weighted by Gasteiger charge is -2.21. The summed E-state index contributed by atoms with van der Waals surface area (Å²) in [7, 11) is -3.58. The number of carboxylic acid groups (broad SMARTS) is 1. The van der Waals surface area contributed by atoms with Crippen LogP contribution in [0.25, 0.3) is 0 Å². The summed E-state index contributed by atoms with van der Waals surface area (Å²) >= 11 is 0. The molecule has 0 aromatic heterocycles. The molecule has 0 aliphatic carbocycles. The molecule has 7 heteroatoms. The number of carbonyl (C=O) groups is 1. The smallest absolute Gasteiger partial charge is 0.305 e. The van der Waals surface area contributed by atoms with Crippen molar-refractivity contribution >= 4 is 21.7 Å². The Morgan fingerprint density at radius 3 is 2.67 bits per heavy atom. The Balaban J connectivity index is 3.10. The highest BCUT2D eigenvalue weighted by Gasteiger charge is 2.18. The highest BCUT2D eigenvalue weighted by Crippen LogP contribution is 2.19. The fourth-order valence-electron chi connectivity index (χ4n) is 1.41. The first-order valence-electron chi connectivity index (χ1n) is 5.04. The van der Waals surface area contributed by atoms with Gasteiger partial charge in [-0.05, 0) is 18.2 Å². The number of hydrogen-bond acceptors (Lipinski definition) is 4. The van der Waals surface area contributed by atoms with E-state index in [2.05, 4.69) is 0 Å². The van der Waals surface area contributed by atoms with E-state index >= 15 is 0 Å². The lowest BCUT2D eigenvalue weighted by Crippen LogP contribution is -2.32. The average Bonchev–Trinajstić information content (AvgIpc) is 2.27. The van der Waals surface area contributed by atoms with Gasteiger partial charge in [-0.2, -0.15) is 5.26 Å². The second-order valence-corrected chi connectivity index (χ2v) is 5.55. The molecule has 0 unspecified atom stereocenters. The van der Waals surface area contributed by atoms with Gasteiger partial charge >= 0.3 is 5.97 Å². The van der Waals surface area contributed by atoms with Gasteiger partial charge in [-0.25, -0.2) is 8.42 Å². The van der Waals surface area contributed by atoms with Crippen LogP contribution in [-0.4, -0.2) is 32.3 Å². The van der Waals surface area contributed by atoms with Crippen molar-refractivity contribution in [2.45, 2.75) is 6.42 Å². The molecule has 1 N–H and O–H groups in total. The normalized spacial score (nSPS) is 10.7. The molecule has 0 aliphatic heterocycles. The first kappa shape index (κ1) is 14.0. The largest absolute Gasteiger partial charge is 0.481 e. The van der Waals surface area contributed by atoms with Crippen molar-refractivity contribution in [3.05, 3.63) is 29.8 Å². The molecule has 0 amide bonds. The minimum Gasteiger partial charge on any atom is -0.481 e. The van der Waals surface area contributed by atoms with E-state index in [4.69, 9.17) is 10.4 Å². The second kappa shape index (κ2) is 5.51. The molecule has 6 nitrogen and oxygen atoms in total. The molecule has 1 rings (SSSR count). The van der Waals surface area contributed by atoms with Crippen LogP contribution >= 0.6 is 0 Å². The Morgan fingerprint density at radius 2 is 2.17 bits per heavy atom. The van der Waals surface area contributed by atoms with E-state index in [0.717, 1.165) is 10.6 Å². The average molecular weight is 268 g/mol. The van der Waals surface area contributed by atoms with E-state index in [0.29, 0.717) is 5.56 Å². The Morgan fingerprint density at radius 1 is 1.50 bits per heavy atom. The number of aliphatic carboxylic acids is 1. The first-order chi connectivity index (χ1) is 8.34. The molecule has 0 spiro atoms. The minimum absolute atomic E-state index is 0.164. The molecule has 0 fully saturated rings. The zero-order valence-corrected chi connectivity index (χ0v) is 10.5. The van der Waals surface area contributed by atoms with Gasteiger partial charge in [0.05, 0.1) is 30.0 Å². The van der Waals surface area contributed by atoms with Crippen LogP contribution in [0.4, 0.5) is 5.69 Å². The van der Waals surface area contributed by atoms with E-state index in [1.807, 2.05) is 6.07 Å². The van der Waals surface area contributed by atoms with Gasteiger partial charge in [-0.15, -0.1) is 0 Å². The van der Waals surface area contributed by atoms with Crippen LogP contribution in [0.3, 0.4) is 0 Å². The number of sulfonamides is 1. The number of nitrogens with zero attached hydrogens (tertiary/aromatic N) is 2. The number of carboxylic acids is 1. The fraction of sp³-hybridized carbons (Fsp3) is 0.273. The van der Waals surface area contributed by atoms with E-state index in [9.17, 15) is 13.2 Å². The van der Waals surface area contributed by atoms with E-state index in [-0.39, 0.29) is 18.7 Å². The summed E-state index contributed by atoms with van der Waals surface area (Å²) in [6.45, 7) is -0.164. The molecule has 0 radical (unpaired) electrons. The molecular formula is C11H12N2O4S. The molecular weight excluding hydrogens is 256 g/mol. The maximum absolute atomic E-state index is 11.6. The van der Waals surface area contributed by atoms with Crippen molar-refractivity contribution in [2.24, 2.45) is 0 Å². The Hall–Kier alpha value is -2.07. The number of nitriles is 1. The van der Waals surface area contributed by atoms with Crippen LogP contribution in [0, 0.1) is 11.3 Å². The zero-order valence-electron chi connectivity index (χ0n) is 9.70. The maximum Gasteiger partial charge on any atom is 0.305 e. The number of benzene rings is 1. The Labute approximate surface area is 105 Å². The zero-order chi connectivity index (χ0) is 13.8. The molecule has 0 heterocycles. The van der Waals surface area contributed by atoms with Crippen molar-refractivity contribution in [1.82, 2.24) is 0 Å². The summed E-state index contributed by atoms with van der Waals surface area (Å²) in [5.41, 5.74) is 0.606. The highest BCUT2D eigenvalue weighted by atomic mass is 32.2. The number of rotatable bonds is 5. The Bertz CT molecular complexity index is 589. The van der Waals surface area contributed by atoms with Crippen molar-refractivity contribution in [3.63, 3.8) is 0 Å². The van der Waals surface area contributed by atoms with Crippen molar-refractivity contribution in [2.75, 3.05) is 17.1 Å². The van der Waals surface area contributed by atoms with Crippen LogP contribution in [-0.2, 0) is 14.8 Å². The van der Waals surface area contributed by atoms with Gasteiger partial charge in [0.2, 0.25) is 10.0 Å². The van der Waals surface area contributed by atoms with Gasteiger partial charge in [0.25, 0.3) is 0 Å². The second-order valence-electron chi connectivity index (χ2n) is 3.64. The van der Waals surface area contributed by atoms with Crippen LogP contribution in [0.5, 0.6) is 0 Å². The van der Waals surface area contributed by atoms with E-state index < -0.39 is 16.0 Å². The van der Waals surface area contributed by atoms with E-state index in [1.165, 1.54) is 12.1 Å². The maximum atomic E-state index is 11.6. The molecule has 96 valence electrons. The van der Waals surface area contributed by atoms with Crippen molar-refractivity contribution in [1.29, 1.82) is 5.26 Å². The molecule has 1 aromatic rings. The van der Waals surface area contributed by atoms with Crippen LogP contribution < -0.4 is 4.31 Å². The third-order valence-corrected chi connectivity index (χ3v) is 3.39. The van der Waals surface area contributed by atoms with Gasteiger partial charge in [0.1, 0.15) is 0 Å². The summed E-state index contributed by atoms with van der Waals surface area (Å²) in [6, 6.07) is 7.92. The summed E-state index contributed by atoms with van der Waals surface area (Å²) in [6.07, 6.45) is 0.692. The first-order valence-corrected chi connectivity index (χ1v) is 6.89. The van der Waals surface area contributed by atoms with Gasteiger partial charge < -0.3 is 5.11 Å². The van der Waals surface area contributed by atoms with Gasteiger partial charge in [-0.3, -0.25) is 9.10 Å². The predicted octanol–water partition coefficient (Wildman–Crippen LogP) is 0.799. The Kier molecular flexibility index (Phi) is 4.28. The molecule has 0 saturated carbocycles. The third-order valence-electron chi connectivity index (χ3n) is 2.19. The minimum atomic E-state index is -3.58. The lowest BCUT2D eigenvalue weighted by molar-refractivity contribution is -0.136. The molecule has 18 heavy (non-hydrogen) atoms. The monoisotopic (exact) mass is 268 g/mol. The van der Waals surface area contributed by atoms with Crippen molar-refractivity contribution < 1.29 is 18.3 Å². The lowest BCUT2D eigenvalue weighted by atomic mass is 10.2. The van der Waals surface area contributed by atoms with Crippen LogP contribution in [0.1, 0.15) is 12.0 Å². The summed E-state index contributed by atoms with van der Waals surface area (Å²) < 4.78 is 24.2. The van der Waals surface area contributed by atoms with Gasteiger partial charge in [-0.1, -0.05) is 6.07 Å². The SMILES string of the molecule is CS(=O)(=O)N(CCC(=O)O)c1cccc(C#N)c1. The number of anilines is 1. The molecule has 0 saturated heterocycles. The summed E-state index contributed by atoms with van der Waals surface area (Å²) in [5, 5.41) is 17.4. The fourth-order valence-corrected chi connectivity index (χ4v) is 2.33. The van der Waals surface area contributed by atoms with Crippen molar-refractivity contribution in [3.8, 4) is 6.07 Å². The van der Waals surface area contributed by atoms with E-state index in [1.54, 1.807) is 12.1 Å². The molecule has 0 bridgehead atoms. The molecule has 0 aliphatic rings. The molecule has 1 aromatic carbocycles. The molecule has 0 atom stereocenters. The number of hydrogen-bond donors (Lipinski definition) is 1. The van der Waals surface area contributed by atoms with Crippen LogP contribution in [0.15, 0.2) is 24.3 Å². The third kappa shape index (κ3) is 3.75. The topological polar surface area (TPSA) is 98.5 Å². The van der Waals surface area contributed by atoms with Crippen LogP contribution in [0.2, 0.25) is 0 Å².